The van der Waals surface area contributed by atoms with Crippen molar-refractivity contribution in [1.29, 1.82) is 5.26 Å². The number of hydrogen-bond donors (Lipinski definition) is 2. The molecule has 0 aliphatic heterocycles. The maximum atomic E-state index is 12.7. The zero-order valence-electron chi connectivity index (χ0n) is 10.5. The van der Waals surface area contributed by atoms with Gasteiger partial charge in [0.1, 0.15) is 6.07 Å². The highest BCUT2D eigenvalue weighted by Gasteiger charge is 2.31. The van der Waals surface area contributed by atoms with Crippen LogP contribution in [0.4, 0.5) is 30.2 Å². The smallest absolute Gasteiger partial charge is 0.396 e. The second kappa shape index (κ2) is 5.54. The molecule has 108 valence electrons. The van der Waals surface area contributed by atoms with Crippen molar-refractivity contribution < 1.29 is 13.2 Å². The number of nitrogens with one attached hydrogen (secondary N) is 1. The first-order valence-electron chi connectivity index (χ1n) is 5.74. The van der Waals surface area contributed by atoms with Crippen molar-refractivity contribution >= 4 is 28.7 Å². The van der Waals surface area contributed by atoms with Crippen LogP contribution in [0.5, 0.6) is 0 Å². The summed E-state index contributed by atoms with van der Waals surface area (Å²) in [6.07, 6.45) is -4.50. The van der Waals surface area contributed by atoms with Gasteiger partial charge in [0.15, 0.2) is 0 Å². The lowest BCUT2D eigenvalue weighted by atomic mass is 10.1. The monoisotopic (exact) mass is 311 g/mol. The average molecular weight is 312 g/mol. The fourth-order valence-corrected chi connectivity index (χ4v) is 1.99. The number of anilines is 3. The number of hydrogen-bond acceptors (Lipinski definition) is 3. The summed E-state index contributed by atoms with van der Waals surface area (Å²) in [7, 11) is 0. The van der Waals surface area contributed by atoms with Gasteiger partial charge in [0.05, 0.1) is 22.5 Å². The summed E-state index contributed by atoms with van der Waals surface area (Å²) in [6.45, 7) is 0. The molecular formula is C14H9ClF3N3. The van der Waals surface area contributed by atoms with Gasteiger partial charge in [-0.15, -0.1) is 0 Å². The van der Waals surface area contributed by atoms with Gasteiger partial charge >= 0.3 is 6.18 Å². The minimum Gasteiger partial charge on any atom is -0.396 e. The van der Waals surface area contributed by atoms with Crippen LogP contribution in [-0.2, 0) is 6.18 Å². The summed E-state index contributed by atoms with van der Waals surface area (Å²) < 4.78 is 38.2. The van der Waals surface area contributed by atoms with Gasteiger partial charge in [-0.1, -0.05) is 17.7 Å². The number of nitrogens with two attached hydrogens (primary N) is 1. The standard InChI is InChI=1S/C14H9ClF3N3/c15-10-4-9(14(16,17)18)5-11(6-10)21-12-3-1-2-8(7-19)13(12)20/h1-6,21H,20H2. The van der Waals surface area contributed by atoms with Crippen molar-refractivity contribution in [3.05, 3.63) is 52.5 Å². The Morgan fingerprint density at radius 3 is 2.52 bits per heavy atom. The molecule has 0 saturated heterocycles. The number of nitriles is 1. The van der Waals surface area contributed by atoms with Crippen LogP contribution >= 0.6 is 11.6 Å². The van der Waals surface area contributed by atoms with Gasteiger partial charge in [-0.3, -0.25) is 0 Å². The minimum atomic E-state index is -4.50. The first-order valence-corrected chi connectivity index (χ1v) is 6.12. The molecule has 0 heterocycles. The zero-order valence-corrected chi connectivity index (χ0v) is 11.3. The van der Waals surface area contributed by atoms with Crippen LogP contribution in [0, 0.1) is 11.3 Å². The first kappa shape index (κ1) is 15.0. The predicted octanol–water partition coefficient (Wildman–Crippen LogP) is 4.56. The van der Waals surface area contributed by atoms with Gasteiger partial charge in [-0.25, -0.2) is 0 Å². The van der Waals surface area contributed by atoms with Gasteiger partial charge < -0.3 is 11.1 Å². The van der Waals surface area contributed by atoms with E-state index in [9.17, 15) is 13.2 Å². The fraction of sp³-hybridized carbons (Fsp3) is 0.0714. The number of rotatable bonds is 2. The zero-order chi connectivity index (χ0) is 15.6. The quantitative estimate of drug-likeness (QED) is 0.799. The Labute approximate surface area is 123 Å². The average Bonchev–Trinajstić information content (AvgIpc) is 2.39. The highest BCUT2D eigenvalue weighted by atomic mass is 35.5. The van der Waals surface area contributed by atoms with Crippen LogP contribution in [0.15, 0.2) is 36.4 Å². The third kappa shape index (κ3) is 3.38. The van der Waals surface area contributed by atoms with Crippen molar-refractivity contribution in [2.45, 2.75) is 6.18 Å². The molecule has 21 heavy (non-hydrogen) atoms. The lowest BCUT2D eigenvalue weighted by Gasteiger charge is -2.13. The second-order valence-electron chi connectivity index (χ2n) is 4.23. The molecule has 0 aliphatic rings. The summed E-state index contributed by atoms with van der Waals surface area (Å²) in [6, 6.07) is 9.65. The number of benzene rings is 2. The van der Waals surface area contributed by atoms with E-state index in [1.54, 1.807) is 12.1 Å². The summed E-state index contributed by atoms with van der Waals surface area (Å²) in [5, 5.41) is 11.6. The Hall–Kier alpha value is -2.39. The van der Waals surface area contributed by atoms with E-state index in [2.05, 4.69) is 5.32 Å². The van der Waals surface area contributed by atoms with Crippen molar-refractivity contribution in [3.8, 4) is 6.07 Å². The fourth-order valence-electron chi connectivity index (χ4n) is 1.75. The van der Waals surface area contributed by atoms with E-state index in [1.807, 2.05) is 6.07 Å². The summed E-state index contributed by atoms with van der Waals surface area (Å²) in [4.78, 5) is 0. The molecule has 0 radical (unpaired) electrons. The van der Waals surface area contributed by atoms with Crippen LogP contribution < -0.4 is 11.1 Å². The van der Waals surface area contributed by atoms with E-state index in [4.69, 9.17) is 22.6 Å². The van der Waals surface area contributed by atoms with Gasteiger partial charge in [-0.05, 0) is 30.3 Å². The molecule has 3 nitrogen and oxygen atoms in total. The van der Waals surface area contributed by atoms with Crippen molar-refractivity contribution in [1.82, 2.24) is 0 Å². The second-order valence-corrected chi connectivity index (χ2v) is 4.67. The van der Waals surface area contributed by atoms with Crippen LogP contribution in [-0.4, -0.2) is 0 Å². The Morgan fingerprint density at radius 2 is 1.90 bits per heavy atom. The molecule has 0 atom stereocenters. The Bertz CT molecular complexity index is 720. The maximum absolute atomic E-state index is 12.7. The SMILES string of the molecule is N#Cc1cccc(Nc2cc(Cl)cc(C(F)(F)F)c2)c1N. The Balaban J connectivity index is 2.41. The first-order chi connectivity index (χ1) is 9.81. The van der Waals surface area contributed by atoms with E-state index in [0.717, 1.165) is 12.1 Å². The lowest BCUT2D eigenvalue weighted by molar-refractivity contribution is -0.137. The molecule has 0 saturated carbocycles. The van der Waals surface area contributed by atoms with E-state index >= 15 is 0 Å². The van der Waals surface area contributed by atoms with Crippen LogP contribution in [0.1, 0.15) is 11.1 Å². The van der Waals surface area contributed by atoms with E-state index in [-0.39, 0.29) is 22.0 Å². The molecule has 0 aromatic heterocycles. The molecule has 0 amide bonds. The molecule has 3 N–H and O–H groups in total. The summed E-state index contributed by atoms with van der Waals surface area (Å²) >= 11 is 5.70. The number of halogens is 4. The molecule has 2 aromatic rings. The molecule has 7 heteroatoms. The highest BCUT2D eigenvalue weighted by Crippen LogP contribution is 2.35. The Kier molecular flexibility index (Phi) is 3.96. The number of nitrogens with zero attached hydrogens (tertiary/aromatic N) is 1. The van der Waals surface area contributed by atoms with Crippen molar-refractivity contribution in [3.63, 3.8) is 0 Å². The van der Waals surface area contributed by atoms with E-state index in [0.29, 0.717) is 5.69 Å². The maximum Gasteiger partial charge on any atom is 0.416 e. The summed E-state index contributed by atoms with van der Waals surface area (Å²) in [5.74, 6) is 0. The molecular weight excluding hydrogens is 303 g/mol. The largest absolute Gasteiger partial charge is 0.416 e. The molecule has 2 rings (SSSR count). The molecule has 0 unspecified atom stereocenters. The lowest BCUT2D eigenvalue weighted by Crippen LogP contribution is -2.06. The van der Waals surface area contributed by atoms with Crippen LogP contribution in [0.25, 0.3) is 0 Å². The van der Waals surface area contributed by atoms with Gasteiger partial charge in [0.25, 0.3) is 0 Å². The predicted molar refractivity (Wildman–Crippen MR) is 75.3 cm³/mol. The van der Waals surface area contributed by atoms with Crippen molar-refractivity contribution in [2.24, 2.45) is 0 Å². The normalized spacial score (nSPS) is 11.0. The molecule has 0 fully saturated rings. The molecule has 0 spiro atoms. The van der Waals surface area contributed by atoms with E-state index in [1.165, 1.54) is 12.1 Å². The van der Waals surface area contributed by atoms with Crippen LogP contribution in [0.3, 0.4) is 0 Å². The Morgan fingerprint density at radius 1 is 1.19 bits per heavy atom. The van der Waals surface area contributed by atoms with E-state index < -0.39 is 11.7 Å². The number of para-hydroxylation sites is 1. The molecule has 0 aliphatic carbocycles. The third-order valence-corrected chi connectivity index (χ3v) is 2.95. The van der Waals surface area contributed by atoms with Gasteiger partial charge in [0.2, 0.25) is 0 Å². The summed E-state index contributed by atoms with van der Waals surface area (Å²) in [5.41, 5.74) is 5.76. The number of nitrogen functional groups attached to an aromatic ring is 1. The van der Waals surface area contributed by atoms with Gasteiger partial charge in [0, 0.05) is 10.7 Å². The number of alkyl halides is 3. The molecule has 2 aromatic carbocycles. The highest BCUT2D eigenvalue weighted by molar-refractivity contribution is 6.31. The van der Waals surface area contributed by atoms with Crippen molar-refractivity contribution in [2.75, 3.05) is 11.1 Å². The topological polar surface area (TPSA) is 61.8 Å². The minimum absolute atomic E-state index is 0.0534. The molecule has 0 bridgehead atoms. The third-order valence-electron chi connectivity index (χ3n) is 2.73. The van der Waals surface area contributed by atoms with Crippen LogP contribution in [0.2, 0.25) is 5.02 Å². The van der Waals surface area contributed by atoms with Gasteiger partial charge in [-0.2, -0.15) is 18.4 Å².